The summed E-state index contributed by atoms with van der Waals surface area (Å²) in [6.07, 6.45) is 1.72. The van der Waals surface area contributed by atoms with E-state index in [0.29, 0.717) is 11.3 Å². The number of aromatic nitrogens is 2. The van der Waals surface area contributed by atoms with Gasteiger partial charge in [-0.3, -0.25) is 0 Å². The molecule has 0 unspecified atom stereocenters. The molecule has 1 aromatic carbocycles. The maximum Gasteiger partial charge on any atom is 0.340 e. The highest BCUT2D eigenvalue weighted by Gasteiger charge is 2.12. The Morgan fingerprint density at radius 2 is 2.11 bits per heavy atom. The summed E-state index contributed by atoms with van der Waals surface area (Å²) in [5.74, 6) is -0.441. The van der Waals surface area contributed by atoms with Gasteiger partial charge in [0.2, 0.25) is 0 Å². The highest BCUT2D eigenvalue weighted by Crippen LogP contribution is 2.20. The van der Waals surface area contributed by atoms with E-state index in [1.807, 2.05) is 24.5 Å². The van der Waals surface area contributed by atoms with Gasteiger partial charge in [-0.25, -0.2) is 9.78 Å². The largest absolute Gasteiger partial charge is 0.465 e. The molecule has 1 heterocycles. The molecule has 0 spiro atoms. The summed E-state index contributed by atoms with van der Waals surface area (Å²) in [4.78, 5) is 15.8. The molecule has 2 N–H and O–H groups in total. The van der Waals surface area contributed by atoms with Crippen molar-refractivity contribution < 1.29 is 9.53 Å². The summed E-state index contributed by atoms with van der Waals surface area (Å²) in [5.41, 5.74) is 9.34. The van der Waals surface area contributed by atoms with E-state index in [-0.39, 0.29) is 0 Å². The molecule has 2 rings (SSSR count). The Kier molecular flexibility index (Phi) is 3.06. The number of carbonyl (C=O) groups is 1. The average molecular weight is 245 g/mol. The van der Waals surface area contributed by atoms with Crippen LogP contribution in [0.15, 0.2) is 24.5 Å². The molecule has 2 aromatic rings. The summed E-state index contributed by atoms with van der Waals surface area (Å²) >= 11 is 0. The van der Waals surface area contributed by atoms with E-state index in [9.17, 15) is 4.79 Å². The number of ether oxygens (including phenoxy) is 1. The summed E-state index contributed by atoms with van der Waals surface area (Å²) in [6.45, 7) is 3.90. The Hall–Kier alpha value is -2.30. The van der Waals surface area contributed by atoms with E-state index in [1.165, 1.54) is 7.11 Å². The number of rotatable bonds is 2. The van der Waals surface area contributed by atoms with Gasteiger partial charge in [0.25, 0.3) is 0 Å². The van der Waals surface area contributed by atoms with Gasteiger partial charge in [0.05, 0.1) is 24.7 Å². The van der Waals surface area contributed by atoms with Crippen LogP contribution in [0.1, 0.15) is 21.7 Å². The SMILES string of the molecule is COC(=O)c1cc(-n2cnc(C)c2C)ccc1N. The molecule has 0 amide bonds. The zero-order valence-corrected chi connectivity index (χ0v) is 10.6. The van der Waals surface area contributed by atoms with Crippen LogP contribution in [0.3, 0.4) is 0 Å². The fraction of sp³-hybridized carbons (Fsp3) is 0.231. The van der Waals surface area contributed by atoms with Gasteiger partial charge >= 0.3 is 5.97 Å². The lowest BCUT2D eigenvalue weighted by Gasteiger charge is -2.09. The summed E-state index contributed by atoms with van der Waals surface area (Å²) < 4.78 is 6.60. The second-order valence-electron chi connectivity index (χ2n) is 4.05. The second kappa shape index (κ2) is 4.52. The van der Waals surface area contributed by atoms with Crippen LogP contribution in [0.2, 0.25) is 0 Å². The van der Waals surface area contributed by atoms with Crippen LogP contribution in [0.4, 0.5) is 5.69 Å². The molecule has 18 heavy (non-hydrogen) atoms. The number of benzene rings is 1. The third kappa shape index (κ3) is 1.95. The van der Waals surface area contributed by atoms with Gasteiger partial charge in [-0.2, -0.15) is 0 Å². The number of nitrogens with zero attached hydrogens (tertiary/aromatic N) is 2. The van der Waals surface area contributed by atoms with Gasteiger partial charge in [-0.15, -0.1) is 0 Å². The normalized spacial score (nSPS) is 10.4. The van der Waals surface area contributed by atoms with Crippen LogP contribution >= 0.6 is 0 Å². The quantitative estimate of drug-likeness (QED) is 0.647. The molecule has 0 aliphatic rings. The number of methoxy groups -OCH3 is 1. The Morgan fingerprint density at radius 1 is 1.39 bits per heavy atom. The zero-order valence-electron chi connectivity index (χ0n) is 10.6. The van der Waals surface area contributed by atoms with Crippen molar-refractivity contribution in [2.24, 2.45) is 0 Å². The standard InChI is InChI=1S/C13H15N3O2/c1-8-9(2)16(7-15-8)10-4-5-12(14)11(6-10)13(17)18-3/h4-7H,14H2,1-3H3. The minimum atomic E-state index is -0.441. The van der Waals surface area contributed by atoms with Gasteiger partial charge in [0, 0.05) is 17.1 Å². The first-order valence-corrected chi connectivity index (χ1v) is 5.53. The van der Waals surface area contributed by atoms with Crippen molar-refractivity contribution in [2.75, 3.05) is 12.8 Å². The molecule has 1 aromatic heterocycles. The lowest BCUT2D eigenvalue weighted by atomic mass is 10.1. The average Bonchev–Trinajstić information content (AvgIpc) is 2.70. The van der Waals surface area contributed by atoms with Crippen LogP contribution in [-0.2, 0) is 4.74 Å². The van der Waals surface area contributed by atoms with Crippen molar-refractivity contribution in [3.63, 3.8) is 0 Å². The molecule has 0 radical (unpaired) electrons. The number of esters is 1. The van der Waals surface area contributed by atoms with Crippen molar-refractivity contribution in [2.45, 2.75) is 13.8 Å². The minimum Gasteiger partial charge on any atom is -0.465 e. The number of hydrogen-bond acceptors (Lipinski definition) is 4. The number of nitrogen functional groups attached to an aromatic ring is 1. The number of nitrogens with two attached hydrogens (primary N) is 1. The minimum absolute atomic E-state index is 0.362. The fourth-order valence-corrected chi connectivity index (χ4v) is 1.74. The Balaban J connectivity index is 2.54. The molecule has 0 saturated carbocycles. The van der Waals surface area contributed by atoms with Crippen LogP contribution in [0.25, 0.3) is 5.69 Å². The van der Waals surface area contributed by atoms with Gasteiger partial charge in [0.1, 0.15) is 0 Å². The number of anilines is 1. The van der Waals surface area contributed by atoms with E-state index in [1.54, 1.807) is 18.5 Å². The third-order valence-electron chi connectivity index (χ3n) is 2.97. The van der Waals surface area contributed by atoms with Crippen molar-refractivity contribution in [1.29, 1.82) is 0 Å². The van der Waals surface area contributed by atoms with Crippen molar-refractivity contribution >= 4 is 11.7 Å². The monoisotopic (exact) mass is 245 g/mol. The highest BCUT2D eigenvalue weighted by molar-refractivity contribution is 5.95. The maximum atomic E-state index is 11.6. The summed E-state index contributed by atoms with van der Waals surface area (Å²) in [7, 11) is 1.33. The number of carbonyl (C=O) groups excluding carboxylic acids is 1. The van der Waals surface area contributed by atoms with E-state index in [2.05, 4.69) is 4.98 Å². The predicted molar refractivity (Wildman–Crippen MR) is 68.8 cm³/mol. The van der Waals surface area contributed by atoms with Gasteiger partial charge in [-0.1, -0.05) is 0 Å². The van der Waals surface area contributed by atoms with E-state index in [0.717, 1.165) is 17.1 Å². The van der Waals surface area contributed by atoms with Crippen LogP contribution in [0, 0.1) is 13.8 Å². The van der Waals surface area contributed by atoms with Crippen LogP contribution < -0.4 is 5.73 Å². The Labute approximate surface area is 105 Å². The molecule has 94 valence electrons. The van der Waals surface area contributed by atoms with Gasteiger partial charge in [0.15, 0.2) is 0 Å². The third-order valence-corrected chi connectivity index (χ3v) is 2.97. The second-order valence-corrected chi connectivity index (χ2v) is 4.05. The summed E-state index contributed by atoms with van der Waals surface area (Å²) in [6, 6.07) is 5.24. The molecule has 0 aliphatic carbocycles. The number of hydrogen-bond donors (Lipinski definition) is 1. The fourth-order valence-electron chi connectivity index (χ4n) is 1.74. The Morgan fingerprint density at radius 3 is 2.67 bits per heavy atom. The lowest BCUT2D eigenvalue weighted by molar-refractivity contribution is 0.0602. The van der Waals surface area contributed by atoms with Crippen molar-refractivity contribution in [1.82, 2.24) is 9.55 Å². The van der Waals surface area contributed by atoms with Gasteiger partial charge in [-0.05, 0) is 32.0 Å². The first-order valence-electron chi connectivity index (χ1n) is 5.53. The topological polar surface area (TPSA) is 70.1 Å². The van der Waals surface area contributed by atoms with E-state index in [4.69, 9.17) is 10.5 Å². The van der Waals surface area contributed by atoms with E-state index < -0.39 is 5.97 Å². The molecule has 0 aliphatic heterocycles. The van der Waals surface area contributed by atoms with E-state index >= 15 is 0 Å². The molecule has 0 fully saturated rings. The zero-order chi connectivity index (χ0) is 13.3. The molecule has 0 saturated heterocycles. The molecular weight excluding hydrogens is 230 g/mol. The first-order chi connectivity index (χ1) is 8.54. The van der Waals surface area contributed by atoms with Crippen molar-refractivity contribution in [3.8, 4) is 5.69 Å². The van der Waals surface area contributed by atoms with Gasteiger partial charge < -0.3 is 15.0 Å². The predicted octanol–water partition coefficient (Wildman–Crippen LogP) is 1.86. The molecule has 0 atom stereocenters. The van der Waals surface area contributed by atoms with Crippen LogP contribution in [-0.4, -0.2) is 22.6 Å². The number of imidazole rings is 1. The van der Waals surface area contributed by atoms with Crippen molar-refractivity contribution in [3.05, 3.63) is 41.5 Å². The smallest absolute Gasteiger partial charge is 0.340 e. The highest BCUT2D eigenvalue weighted by atomic mass is 16.5. The Bertz CT molecular complexity index is 602. The van der Waals surface area contributed by atoms with Crippen LogP contribution in [0.5, 0.6) is 0 Å². The first kappa shape index (κ1) is 12.2. The molecule has 5 nitrogen and oxygen atoms in total. The lowest BCUT2D eigenvalue weighted by Crippen LogP contribution is -2.07. The number of aryl methyl sites for hydroxylation is 1. The molecular formula is C13H15N3O2. The molecule has 5 heteroatoms. The summed E-state index contributed by atoms with van der Waals surface area (Å²) in [5, 5.41) is 0. The molecule has 0 bridgehead atoms. The maximum absolute atomic E-state index is 11.6.